The van der Waals surface area contributed by atoms with E-state index in [2.05, 4.69) is 24.1 Å². The van der Waals surface area contributed by atoms with E-state index < -0.39 is 0 Å². The van der Waals surface area contributed by atoms with E-state index >= 15 is 0 Å². The fraction of sp³-hybridized carbons (Fsp3) is 0.500. The first-order valence-corrected chi connectivity index (χ1v) is 7.52. The number of carbonyl (C=O) groups excluding carboxylic acids is 1. The number of carbonyl (C=O) groups is 1. The van der Waals surface area contributed by atoms with Crippen LogP contribution in [0.15, 0.2) is 12.7 Å². The van der Waals surface area contributed by atoms with Gasteiger partial charge in [0.1, 0.15) is 15.6 Å². The van der Waals surface area contributed by atoms with Crippen LogP contribution in [0.2, 0.25) is 0 Å². The lowest BCUT2D eigenvalue weighted by Crippen LogP contribution is -2.23. The van der Waals surface area contributed by atoms with E-state index in [1.165, 1.54) is 24.2 Å². The molecule has 1 aliphatic rings. The number of ether oxygens (including phenoxy) is 1. The number of methoxy groups -OCH3 is 1. The molecular formula is C14H21N3O2S. The largest absolute Gasteiger partial charge is 0.492 e. The van der Waals surface area contributed by atoms with Crippen molar-refractivity contribution in [1.29, 1.82) is 0 Å². The zero-order valence-electron chi connectivity index (χ0n) is 11.9. The van der Waals surface area contributed by atoms with Crippen LogP contribution in [0.4, 0.5) is 10.7 Å². The maximum atomic E-state index is 12.0. The molecule has 1 amide bonds. The Labute approximate surface area is 123 Å². The van der Waals surface area contributed by atoms with Crippen LogP contribution < -0.4 is 21.1 Å². The van der Waals surface area contributed by atoms with E-state index in [-0.39, 0.29) is 5.91 Å². The summed E-state index contributed by atoms with van der Waals surface area (Å²) in [6, 6.07) is 0.367. The number of amides is 1. The van der Waals surface area contributed by atoms with Crippen LogP contribution >= 0.6 is 11.3 Å². The van der Waals surface area contributed by atoms with Crippen molar-refractivity contribution in [2.75, 3.05) is 24.7 Å². The molecule has 5 nitrogen and oxygen atoms in total. The number of hydrogen-bond donors (Lipinski definition) is 3. The van der Waals surface area contributed by atoms with E-state index in [1.54, 1.807) is 13.2 Å². The Morgan fingerprint density at radius 1 is 1.65 bits per heavy atom. The third-order valence-electron chi connectivity index (χ3n) is 3.40. The average molecular weight is 295 g/mol. The number of nitrogens with one attached hydrogen (secondary N) is 2. The second-order valence-electron chi connectivity index (χ2n) is 4.98. The van der Waals surface area contributed by atoms with Gasteiger partial charge in [-0.25, -0.2) is 0 Å². The first-order chi connectivity index (χ1) is 9.58. The van der Waals surface area contributed by atoms with Gasteiger partial charge in [0.05, 0.1) is 7.11 Å². The summed E-state index contributed by atoms with van der Waals surface area (Å²) in [6.07, 6.45) is 4.14. The molecule has 1 unspecified atom stereocenters. The topological polar surface area (TPSA) is 76.4 Å². The highest BCUT2D eigenvalue weighted by molar-refractivity contribution is 7.19. The molecule has 1 atom stereocenters. The minimum atomic E-state index is -0.196. The highest BCUT2D eigenvalue weighted by Gasteiger charge is 2.30. The van der Waals surface area contributed by atoms with Gasteiger partial charge >= 0.3 is 0 Å². The molecule has 1 aromatic heterocycles. The Bertz CT molecular complexity index is 509. The molecule has 4 N–H and O–H groups in total. The van der Waals surface area contributed by atoms with E-state index in [1.807, 2.05) is 0 Å². The van der Waals surface area contributed by atoms with Gasteiger partial charge in [-0.05, 0) is 25.7 Å². The average Bonchev–Trinajstić information content (AvgIpc) is 3.22. The normalized spacial score (nSPS) is 15.5. The Morgan fingerprint density at radius 3 is 2.90 bits per heavy atom. The van der Waals surface area contributed by atoms with Gasteiger partial charge < -0.3 is 21.1 Å². The molecule has 0 aromatic carbocycles. The van der Waals surface area contributed by atoms with Crippen LogP contribution in [-0.4, -0.2) is 25.6 Å². The number of thiophene rings is 1. The summed E-state index contributed by atoms with van der Waals surface area (Å²) in [4.78, 5) is 12.5. The number of hydrogen-bond acceptors (Lipinski definition) is 5. The summed E-state index contributed by atoms with van der Waals surface area (Å²) in [5.74, 6) is 1.07. The second-order valence-corrected chi connectivity index (χ2v) is 6.00. The maximum Gasteiger partial charge on any atom is 0.263 e. The first kappa shape index (κ1) is 14.7. The third kappa shape index (κ3) is 3.07. The lowest BCUT2D eigenvalue weighted by atomic mass is 10.2. The monoisotopic (exact) mass is 295 g/mol. The molecule has 1 aromatic rings. The molecule has 1 aliphatic carbocycles. The van der Waals surface area contributed by atoms with Gasteiger partial charge in [0, 0.05) is 12.6 Å². The predicted octanol–water partition coefficient (Wildman–Crippen LogP) is 2.47. The SMILES string of the molecule is C=CCNC(=O)c1sc(NC(C)C2CC2)c(OC)c1N. The molecule has 20 heavy (non-hydrogen) atoms. The predicted molar refractivity (Wildman–Crippen MR) is 83.6 cm³/mol. The Hall–Kier alpha value is -1.69. The zero-order chi connectivity index (χ0) is 14.7. The van der Waals surface area contributed by atoms with Crippen LogP contribution in [0.3, 0.4) is 0 Å². The third-order valence-corrected chi connectivity index (χ3v) is 4.52. The standard InChI is InChI=1S/C14H21N3O2S/c1-4-7-16-13(18)12-10(15)11(19-3)14(20-12)17-8(2)9-5-6-9/h4,8-9,17H,1,5-7,15H2,2-3H3,(H,16,18). The summed E-state index contributed by atoms with van der Waals surface area (Å²) in [5.41, 5.74) is 6.41. The molecule has 6 heteroatoms. The number of nitrogen functional groups attached to an aromatic ring is 1. The van der Waals surface area contributed by atoms with Crippen molar-refractivity contribution in [1.82, 2.24) is 5.32 Å². The van der Waals surface area contributed by atoms with Crippen LogP contribution in [-0.2, 0) is 0 Å². The van der Waals surface area contributed by atoms with Gasteiger partial charge in [-0.1, -0.05) is 6.08 Å². The van der Waals surface area contributed by atoms with Gasteiger partial charge in [-0.15, -0.1) is 17.9 Å². The molecule has 0 bridgehead atoms. The zero-order valence-corrected chi connectivity index (χ0v) is 12.7. The van der Waals surface area contributed by atoms with Gasteiger partial charge in [-0.3, -0.25) is 4.79 Å². The maximum absolute atomic E-state index is 12.0. The fourth-order valence-electron chi connectivity index (χ4n) is 2.06. The van der Waals surface area contributed by atoms with Crippen LogP contribution in [0, 0.1) is 5.92 Å². The van der Waals surface area contributed by atoms with Gasteiger partial charge in [0.25, 0.3) is 5.91 Å². The van der Waals surface area contributed by atoms with Crippen molar-refractivity contribution in [3.05, 3.63) is 17.5 Å². The van der Waals surface area contributed by atoms with Crippen LogP contribution in [0.1, 0.15) is 29.4 Å². The van der Waals surface area contributed by atoms with Crippen molar-refractivity contribution in [2.24, 2.45) is 5.92 Å². The summed E-state index contributed by atoms with van der Waals surface area (Å²) in [5, 5.41) is 6.97. The quantitative estimate of drug-likeness (QED) is 0.675. The molecule has 2 rings (SSSR count). The van der Waals surface area contributed by atoms with Gasteiger partial charge in [0.15, 0.2) is 5.75 Å². The molecular weight excluding hydrogens is 274 g/mol. The Morgan fingerprint density at radius 2 is 2.35 bits per heavy atom. The summed E-state index contributed by atoms with van der Waals surface area (Å²) < 4.78 is 5.34. The van der Waals surface area contributed by atoms with Gasteiger partial charge in [-0.2, -0.15) is 0 Å². The highest BCUT2D eigenvalue weighted by atomic mass is 32.1. The van der Waals surface area contributed by atoms with Gasteiger partial charge in [0.2, 0.25) is 0 Å². The first-order valence-electron chi connectivity index (χ1n) is 6.70. The lowest BCUT2D eigenvalue weighted by Gasteiger charge is -2.13. The number of nitrogens with two attached hydrogens (primary N) is 1. The molecule has 110 valence electrons. The molecule has 0 aliphatic heterocycles. The Kier molecular flexibility index (Phi) is 4.54. The fourth-order valence-corrected chi connectivity index (χ4v) is 3.16. The number of rotatable bonds is 7. The molecule has 0 radical (unpaired) electrons. The molecule has 1 fully saturated rings. The summed E-state index contributed by atoms with van der Waals surface area (Å²) >= 11 is 1.34. The van der Waals surface area contributed by atoms with E-state index in [0.717, 1.165) is 5.00 Å². The Balaban J connectivity index is 2.18. The van der Waals surface area contributed by atoms with Crippen molar-refractivity contribution in [3.8, 4) is 5.75 Å². The van der Waals surface area contributed by atoms with E-state index in [4.69, 9.17) is 10.5 Å². The van der Waals surface area contributed by atoms with Crippen molar-refractivity contribution >= 4 is 27.9 Å². The van der Waals surface area contributed by atoms with Crippen molar-refractivity contribution in [3.63, 3.8) is 0 Å². The molecule has 1 saturated carbocycles. The summed E-state index contributed by atoms with van der Waals surface area (Å²) in [7, 11) is 1.57. The lowest BCUT2D eigenvalue weighted by molar-refractivity contribution is 0.0962. The molecule has 0 spiro atoms. The van der Waals surface area contributed by atoms with Crippen molar-refractivity contribution in [2.45, 2.75) is 25.8 Å². The van der Waals surface area contributed by atoms with Crippen LogP contribution in [0.25, 0.3) is 0 Å². The smallest absolute Gasteiger partial charge is 0.263 e. The second kappa shape index (κ2) is 6.17. The van der Waals surface area contributed by atoms with Crippen molar-refractivity contribution < 1.29 is 9.53 Å². The number of anilines is 2. The minimum absolute atomic E-state index is 0.196. The molecule has 1 heterocycles. The highest BCUT2D eigenvalue weighted by Crippen LogP contribution is 2.44. The van der Waals surface area contributed by atoms with E-state index in [9.17, 15) is 4.79 Å². The molecule has 0 saturated heterocycles. The minimum Gasteiger partial charge on any atom is -0.492 e. The van der Waals surface area contributed by atoms with Crippen LogP contribution in [0.5, 0.6) is 5.75 Å². The van der Waals surface area contributed by atoms with E-state index in [0.29, 0.717) is 34.8 Å². The summed E-state index contributed by atoms with van der Waals surface area (Å²) in [6.45, 7) is 6.13.